The molecule has 0 fully saturated rings. The second-order valence-electron chi connectivity index (χ2n) is 10.7. The van der Waals surface area contributed by atoms with E-state index in [9.17, 15) is 0 Å². The van der Waals surface area contributed by atoms with E-state index in [-0.39, 0.29) is 0 Å². The second kappa shape index (κ2) is 9.93. The summed E-state index contributed by atoms with van der Waals surface area (Å²) in [5, 5.41) is 8.18. The van der Waals surface area contributed by atoms with Crippen molar-refractivity contribution in [2.24, 2.45) is 5.73 Å². The summed E-state index contributed by atoms with van der Waals surface area (Å²) >= 11 is 0. The Kier molecular flexibility index (Phi) is 5.76. The van der Waals surface area contributed by atoms with E-state index in [0.29, 0.717) is 17.5 Å². The minimum absolute atomic E-state index is 0.588. The number of aryl methyl sites for hydroxylation is 1. The first kappa shape index (κ1) is 24.9. The molecule has 0 atom stereocenters. The first-order valence-electron chi connectivity index (χ1n) is 14.2. The highest BCUT2D eigenvalue weighted by Crippen LogP contribution is 2.37. The van der Waals surface area contributed by atoms with Gasteiger partial charge in [0.25, 0.3) is 0 Å². The molecular formula is C38H26N4O. The number of nitrogens with zero attached hydrogens (tertiary/aromatic N) is 3. The lowest BCUT2D eigenvalue weighted by Crippen LogP contribution is -2.00. The van der Waals surface area contributed by atoms with Gasteiger partial charge in [-0.3, -0.25) is 0 Å². The van der Waals surface area contributed by atoms with Crippen LogP contribution in [0.4, 0.5) is 0 Å². The summed E-state index contributed by atoms with van der Waals surface area (Å²) in [6, 6.07) is 39.8. The average molecular weight is 555 g/mol. The number of hydrogen-bond acceptors (Lipinski definition) is 5. The van der Waals surface area contributed by atoms with Gasteiger partial charge in [-0.2, -0.15) is 0 Å². The van der Waals surface area contributed by atoms with Crippen molar-refractivity contribution < 1.29 is 4.42 Å². The lowest BCUT2D eigenvalue weighted by molar-refractivity contribution is 0.601. The fraction of sp³-hybridized carbons (Fsp3) is 0.0263. The molecule has 5 nitrogen and oxygen atoms in total. The third kappa shape index (κ3) is 4.13. The summed E-state index contributed by atoms with van der Waals surface area (Å²) in [5.74, 6) is 2.54. The van der Waals surface area contributed by atoms with Crippen LogP contribution in [0.1, 0.15) is 11.3 Å². The summed E-state index contributed by atoms with van der Waals surface area (Å²) in [6.07, 6.45) is 3.27. The molecule has 0 aliphatic carbocycles. The van der Waals surface area contributed by atoms with E-state index in [4.69, 9.17) is 25.1 Å². The highest BCUT2D eigenvalue weighted by molar-refractivity contribution is 6.20. The fourth-order valence-electron chi connectivity index (χ4n) is 6.06. The van der Waals surface area contributed by atoms with Crippen LogP contribution in [0.2, 0.25) is 0 Å². The molecule has 0 spiro atoms. The SMILES string of the molecule is Cc1c(/C=C\N)oc2cccc(-c3nc(-c4ccccc4)nc(-c4ccc5ccc6ccc7ccccc7c6c5c4)n3)c12. The third-order valence-corrected chi connectivity index (χ3v) is 8.13. The minimum atomic E-state index is 0.588. The predicted octanol–water partition coefficient (Wildman–Crippen LogP) is 9.32. The van der Waals surface area contributed by atoms with Crippen LogP contribution in [-0.4, -0.2) is 15.0 Å². The number of benzene rings is 6. The van der Waals surface area contributed by atoms with E-state index in [2.05, 4.69) is 66.7 Å². The number of hydrogen-bond donors (Lipinski definition) is 1. The van der Waals surface area contributed by atoms with Gasteiger partial charge in [0.05, 0.1) is 0 Å². The number of nitrogens with two attached hydrogens (primary N) is 1. The molecule has 0 aliphatic heterocycles. The van der Waals surface area contributed by atoms with Crippen LogP contribution >= 0.6 is 0 Å². The summed E-state index contributed by atoms with van der Waals surface area (Å²) in [6.45, 7) is 2.03. The van der Waals surface area contributed by atoms with Crippen molar-refractivity contribution in [2.45, 2.75) is 6.92 Å². The van der Waals surface area contributed by atoms with Gasteiger partial charge in [-0.25, -0.2) is 15.0 Å². The Morgan fingerprint density at radius 2 is 1.26 bits per heavy atom. The second-order valence-corrected chi connectivity index (χ2v) is 10.7. The molecule has 2 aromatic heterocycles. The van der Waals surface area contributed by atoms with Gasteiger partial charge in [0.15, 0.2) is 17.5 Å². The molecular weight excluding hydrogens is 528 g/mol. The van der Waals surface area contributed by atoms with Crippen molar-refractivity contribution in [3.8, 4) is 34.2 Å². The van der Waals surface area contributed by atoms with Gasteiger partial charge in [0.1, 0.15) is 11.3 Å². The maximum atomic E-state index is 6.12. The normalized spacial score (nSPS) is 11.8. The largest absolute Gasteiger partial charge is 0.456 e. The third-order valence-electron chi connectivity index (χ3n) is 8.13. The number of rotatable bonds is 4. The maximum absolute atomic E-state index is 6.12. The van der Waals surface area contributed by atoms with Crippen molar-refractivity contribution in [2.75, 3.05) is 0 Å². The monoisotopic (exact) mass is 554 g/mol. The summed E-state index contributed by atoms with van der Waals surface area (Å²) in [7, 11) is 0. The fourth-order valence-corrected chi connectivity index (χ4v) is 6.06. The van der Waals surface area contributed by atoms with Crippen molar-refractivity contribution in [3.63, 3.8) is 0 Å². The molecule has 0 unspecified atom stereocenters. The quantitative estimate of drug-likeness (QED) is 0.219. The molecule has 204 valence electrons. The van der Waals surface area contributed by atoms with Crippen molar-refractivity contribution in [1.82, 2.24) is 15.0 Å². The van der Waals surface area contributed by atoms with Gasteiger partial charge in [0, 0.05) is 27.6 Å². The van der Waals surface area contributed by atoms with Gasteiger partial charge in [-0.1, -0.05) is 103 Å². The molecule has 0 saturated carbocycles. The van der Waals surface area contributed by atoms with Crippen molar-refractivity contribution in [1.29, 1.82) is 0 Å². The Morgan fingerprint density at radius 3 is 2.07 bits per heavy atom. The zero-order chi connectivity index (χ0) is 28.9. The van der Waals surface area contributed by atoms with Crippen LogP contribution in [-0.2, 0) is 0 Å². The van der Waals surface area contributed by atoms with E-state index in [1.165, 1.54) is 38.5 Å². The first-order chi connectivity index (χ1) is 21.2. The lowest BCUT2D eigenvalue weighted by atomic mass is 9.95. The van der Waals surface area contributed by atoms with E-state index >= 15 is 0 Å². The maximum Gasteiger partial charge on any atom is 0.164 e. The lowest BCUT2D eigenvalue weighted by Gasteiger charge is -2.12. The van der Waals surface area contributed by atoms with Crippen LogP contribution < -0.4 is 5.73 Å². The van der Waals surface area contributed by atoms with Crippen molar-refractivity contribution >= 4 is 49.4 Å². The summed E-state index contributed by atoms with van der Waals surface area (Å²) in [4.78, 5) is 15.1. The van der Waals surface area contributed by atoms with Crippen LogP contribution in [0.15, 0.2) is 126 Å². The molecule has 2 heterocycles. The summed E-state index contributed by atoms with van der Waals surface area (Å²) < 4.78 is 6.12. The van der Waals surface area contributed by atoms with E-state index in [0.717, 1.165) is 39.0 Å². The summed E-state index contributed by atoms with van der Waals surface area (Å²) in [5.41, 5.74) is 10.2. The highest BCUT2D eigenvalue weighted by atomic mass is 16.3. The molecule has 0 saturated heterocycles. The first-order valence-corrected chi connectivity index (χ1v) is 14.2. The van der Waals surface area contributed by atoms with Crippen LogP contribution in [0.25, 0.3) is 83.5 Å². The molecule has 6 aromatic carbocycles. The van der Waals surface area contributed by atoms with Gasteiger partial charge in [0.2, 0.25) is 0 Å². The van der Waals surface area contributed by atoms with E-state index in [1.54, 1.807) is 6.08 Å². The Hall–Kier alpha value is -5.81. The number of furan rings is 1. The van der Waals surface area contributed by atoms with Gasteiger partial charge < -0.3 is 10.2 Å². The highest BCUT2D eigenvalue weighted by Gasteiger charge is 2.19. The minimum Gasteiger partial charge on any atom is -0.456 e. The van der Waals surface area contributed by atoms with Crippen LogP contribution in [0.5, 0.6) is 0 Å². The Balaban J connectivity index is 1.40. The smallest absolute Gasteiger partial charge is 0.164 e. The molecule has 0 bridgehead atoms. The molecule has 5 heteroatoms. The molecule has 8 rings (SSSR count). The number of fused-ring (bicyclic) bond motifs is 6. The molecule has 0 amide bonds. The molecule has 0 radical (unpaired) electrons. The molecule has 43 heavy (non-hydrogen) atoms. The zero-order valence-corrected chi connectivity index (χ0v) is 23.5. The molecule has 8 aromatic rings. The zero-order valence-electron chi connectivity index (χ0n) is 23.5. The van der Waals surface area contributed by atoms with Crippen LogP contribution in [0, 0.1) is 6.92 Å². The topological polar surface area (TPSA) is 77.8 Å². The Bertz CT molecular complexity index is 2370. The van der Waals surface area contributed by atoms with E-state index < -0.39 is 0 Å². The standard InChI is InChI=1S/C38H26N4O/c1-23-32(20-21-39)43-33-13-7-12-30(34(23)33)38-41-36(27-9-3-2-4-10-27)40-37(42-38)28-19-16-25-15-18-26-17-14-24-8-5-6-11-29(24)35(26)31(25)22-28/h2-22H,39H2,1H3/b21-20-. The molecule has 0 aliphatic rings. The predicted molar refractivity (Wildman–Crippen MR) is 176 cm³/mol. The Labute approximate surface area is 248 Å². The van der Waals surface area contributed by atoms with Gasteiger partial charge in [-0.05, 0) is 63.6 Å². The average Bonchev–Trinajstić information content (AvgIpc) is 3.39. The number of aromatic nitrogens is 3. The van der Waals surface area contributed by atoms with Crippen LogP contribution in [0.3, 0.4) is 0 Å². The van der Waals surface area contributed by atoms with E-state index in [1.807, 2.05) is 55.5 Å². The van der Waals surface area contributed by atoms with Gasteiger partial charge >= 0.3 is 0 Å². The van der Waals surface area contributed by atoms with Crippen molar-refractivity contribution in [3.05, 3.63) is 133 Å². The van der Waals surface area contributed by atoms with Gasteiger partial charge in [-0.15, -0.1) is 0 Å². The Morgan fingerprint density at radius 1 is 0.581 bits per heavy atom. The molecule has 2 N–H and O–H groups in total.